The molecule has 3 rings (SSSR count). The van der Waals surface area contributed by atoms with Gasteiger partial charge in [0.25, 0.3) is 0 Å². The van der Waals surface area contributed by atoms with E-state index in [1.54, 1.807) is 12.1 Å². The largest absolute Gasteiger partial charge is 0.326 e. The lowest BCUT2D eigenvalue weighted by atomic mass is 9.90. The van der Waals surface area contributed by atoms with E-state index < -0.39 is 0 Å². The second kappa shape index (κ2) is 5.43. The summed E-state index contributed by atoms with van der Waals surface area (Å²) in [5.41, 5.74) is 2.82. The molecule has 0 spiro atoms. The van der Waals surface area contributed by atoms with E-state index in [-0.39, 0.29) is 17.6 Å². The fraction of sp³-hybridized carbons (Fsp3) is 0.188. The summed E-state index contributed by atoms with van der Waals surface area (Å²) in [4.78, 5) is 12.4. The summed E-state index contributed by atoms with van der Waals surface area (Å²) in [6.45, 7) is 1.40. The van der Waals surface area contributed by atoms with Crippen molar-refractivity contribution >= 4 is 11.6 Å². The van der Waals surface area contributed by atoms with Gasteiger partial charge in [0.05, 0.1) is 5.92 Å². The summed E-state index contributed by atoms with van der Waals surface area (Å²) in [5, 5.41) is 6.08. The molecule has 2 aromatic rings. The fourth-order valence-corrected chi connectivity index (χ4v) is 2.49. The van der Waals surface area contributed by atoms with Crippen LogP contribution in [-0.2, 0) is 11.3 Å². The van der Waals surface area contributed by atoms with Crippen molar-refractivity contribution in [1.82, 2.24) is 5.32 Å². The van der Waals surface area contributed by atoms with Crippen molar-refractivity contribution in [1.29, 1.82) is 0 Å². The average Bonchev–Trinajstić information content (AvgIpc) is 2.49. The maximum absolute atomic E-state index is 12.9. The van der Waals surface area contributed by atoms with Crippen LogP contribution in [0.4, 0.5) is 10.1 Å². The number of rotatable bonds is 2. The highest BCUT2D eigenvalue weighted by atomic mass is 19.1. The van der Waals surface area contributed by atoms with E-state index in [0.29, 0.717) is 12.2 Å². The summed E-state index contributed by atoms with van der Waals surface area (Å²) in [7, 11) is 0. The molecule has 2 aromatic carbocycles. The number of anilines is 1. The number of carbonyl (C=O) groups is 1. The van der Waals surface area contributed by atoms with Crippen LogP contribution in [0.2, 0.25) is 0 Å². The minimum absolute atomic E-state index is 0.0729. The van der Waals surface area contributed by atoms with Gasteiger partial charge in [-0.25, -0.2) is 4.39 Å². The molecule has 20 heavy (non-hydrogen) atoms. The summed E-state index contributed by atoms with van der Waals surface area (Å²) in [5.74, 6) is -0.603. The van der Waals surface area contributed by atoms with Crippen LogP contribution in [0.1, 0.15) is 17.0 Å². The Morgan fingerprint density at radius 2 is 1.90 bits per heavy atom. The number of carbonyl (C=O) groups excluding carboxylic acids is 1. The zero-order valence-electron chi connectivity index (χ0n) is 10.9. The van der Waals surface area contributed by atoms with Gasteiger partial charge in [0.2, 0.25) is 5.91 Å². The first-order valence-corrected chi connectivity index (χ1v) is 6.59. The van der Waals surface area contributed by atoms with Crippen molar-refractivity contribution in [3.05, 3.63) is 65.5 Å². The van der Waals surface area contributed by atoms with Crippen molar-refractivity contribution in [2.24, 2.45) is 0 Å². The van der Waals surface area contributed by atoms with Gasteiger partial charge in [0.1, 0.15) is 5.82 Å². The molecular weight excluding hydrogens is 255 g/mol. The van der Waals surface area contributed by atoms with Crippen LogP contribution in [0.5, 0.6) is 0 Å². The Labute approximate surface area is 116 Å². The quantitative estimate of drug-likeness (QED) is 0.881. The number of fused-ring (bicyclic) bond motifs is 1. The average molecular weight is 270 g/mol. The van der Waals surface area contributed by atoms with Gasteiger partial charge < -0.3 is 10.6 Å². The fourth-order valence-electron chi connectivity index (χ4n) is 2.49. The van der Waals surface area contributed by atoms with Gasteiger partial charge in [-0.1, -0.05) is 24.3 Å². The molecule has 0 aromatic heterocycles. The van der Waals surface area contributed by atoms with Gasteiger partial charge in [-0.05, 0) is 35.4 Å². The lowest BCUT2D eigenvalue weighted by Gasteiger charge is -2.25. The SMILES string of the molecule is O=C(Nc1ccc(F)cc1)C1CNCc2ccccc21. The highest BCUT2D eigenvalue weighted by Gasteiger charge is 2.25. The highest BCUT2D eigenvalue weighted by molar-refractivity contribution is 5.96. The Bertz CT molecular complexity index is 625. The van der Waals surface area contributed by atoms with E-state index in [0.717, 1.165) is 17.7 Å². The van der Waals surface area contributed by atoms with Crippen LogP contribution >= 0.6 is 0 Å². The third kappa shape index (κ3) is 2.56. The Kier molecular flexibility index (Phi) is 3.48. The number of hydrogen-bond acceptors (Lipinski definition) is 2. The molecule has 0 bridgehead atoms. The predicted octanol–water partition coefficient (Wildman–Crippen LogP) is 2.65. The molecule has 1 atom stereocenters. The summed E-state index contributed by atoms with van der Waals surface area (Å²) in [6, 6.07) is 13.7. The topological polar surface area (TPSA) is 41.1 Å². The summed E-state index contributed by atoms with van der Waals surface area (Å²) in [6.07, 6.45) is 0. The molecular formula is C16H15FN2O. The van der Waals surface area contributed by atoms with E-state index in [9.17, 15) is 9.18 Å². The summed E-state index contributed by atoms with van der Waals surface area (Å²) >= 11 is 0. The molecule has 1 aliphatic rings. The van der Waals surface area contributed by atoms with Crippen molar-refractivity contribution in [3.8, 4) is 0 Å². The molecule has 0 saturated heterocycles. The minimum atomic E-state index is -0.312. The third-order valence-electron chi connectivity index (χ3n) is 3.52. The van der Waals surface area contributed by atoms with Crippen molar-refractivity contribution < 1.29 is 9.18 Å². The zero-order valence-corrected chi connectivity index (χ0v) is 10.9. The molecule has 0 radical (unpaired) electrons. The van der Waals surface area contributed by atoms with Crippen molar-refractivity contribution in [2.75, 3.05) is 11.9 Å². The first kappa shape index (κ1) is 12.8. The Hall–Kier alpha value is -2.20. The van der Waals surface area contributed by atoms with E-state index in [4.69, 9.17) is 0 Å². The normalized spacial score (nSPS) is 17.4. The lowest BCUT2D eigenvalue weighted by molar-refractivity contribution is -0.117. The molecule has 0 aliphatic carbocycles. The van der Waals surface area contributed by atoms with Gasteiger partial charge in [0, 0.05) is 18.8 Å². The zero-order chi connectivity index (χ0) is 13.9. The van der Waals surface area contributed by atoms with Gasteiger partial charge in [0.15, 0.2) is 0 Å². The first-order chi connectivity index (χ1) is 9.74. The van der Waals surface area contributed by atoms with E-state index in [2.05, 4.69) is 10.6 Å². The van der Waals surface area contributed by atoms with Gasteiger partial charge in [-0.15, -0.1) is 0 Å². The smallest absolute Gasteiger partial charge is 0.233 e. The van der Waals surface area contributed by atoms with Gasteiger partial charge in [-0.2, -0.15) is 0 Å². The second-order valence-corrected chi connectivity index (χ2v) is 4.88. The minimum Gasteiger partial charge on any atom is -0.326 e. The van der Waals surface area contributed by atoms with Crippen LogP contribution in [0.15, 0.2) is 48.5 Å². The molecule has 1 aliphatic heterocycles. The maximum Gasteiger partial charge on any atom is 0.233 e. The summed E-state index contributed by atoms with van der Waals surface area (Å²) < 4.78 is 12.9. The van der Waals surface area contributed by atoms with Crippen molar-refractivity contribution in [2.45, 2.75) is 12.5 Å². The van der Waals surface area contributed by atoms with Crippen LogP contribution < -0.4 is 10.6 Å². The van der Waals surface area contributed by atoms with Crippen LogP contribution in [0.25, 0.3) is 0 Å². The first-order valence-electron chi connectivity index (χ1n) is 6.59. The number of hydrogen-bond donors (Lipinski definition) is 2. The molecule has 3 nitrogen and oxygen atoms in total. The van der Waals surface area contributed by atoms with E-state index in [1.807, 2.05) is 24.3 Å². The molecule has 1 heterocycles. The Morgan fingerprint density at radius 1 is 1.15 bits per heavy atom. The van der Waals surface area contributed by atoms with E-state index in [1.165, 1.54) is 12.1 Å². The van der Waals surface area contributed by atoms with Crippen LogP contribution in [0, 0.1) is 5.82 Å². The monoisotopic (exact) mass is 270 g/mol. The van der Waals surface area contributed by atoms with Gasteiger partial charge in [-0.3, -0.25) is 4.79 Å². The van der Waals surface area contributed by atoms with Crippen LogP contribution in [-0.4, -0.2) is 12.5 Å². The number of nitrogens with one attached hydrogen (secondary N) is 2. The standard InChI is InChI=1S/C16H15FN2O/c17-12-5-7-13(8-6-12)19-16(20)15-10-18-9-11-3-1-2-4-14(11)15/h1-8,15,18H,9-10H2,(H,19,20). The highest BCUT2D eigenvalue weighted by Crippen LogP contribution is 2.25. The second-order valence-electron chi connectivity index (χ2n) is 4.88. The molecule has 4 heteroatoms. The Balaban J connectivity index is 1.80. The number of amides is 1. The maximum atomic E-state index is 12.9. The number of halogens is 1. The van der Waals surface area contributed by atoms with Crippen molar-refractivity contribution in [3.63, 3.8) is 0 Å². The molecule has 0 fully saturated rings. The Morgan fingerprint density at radius 3 is 2.70 bits per heavy atom. The van der Waals surface area contributed by atoms with Gasteiger partial charge >= 0.3 is 0 Å². The number of benzene rings is 2. The molecule has 0 saturated carbocycles. The third-order valence-corrected chi connectivity index (χ3v) is 3.52. The molecule has 1 unspecified atom stereocenters. The molecule has 102 valence electrons. The van der Waals surface area contributed by atoms with E-state index >= 15 is 0 Å². The van der Waals surface area contributed by atoms with Crippen LogP contribution in [0.3, 0.4) is 0 Å². The molecule has 1 amide bonds. The lowest BCUT2D eigenvalue weighted by Crippen LogP contribution is -2.35. The molecule has 2 N–H and O–H groups in total. The predicted molar refractivity (Wildman–Crippen MR) is 75.9 cm³/mol.